The third-order valence-electron chi connectivity index (χ3n) is 3.10. The van der Waals surface area contributed by atoms with Gasteiger partial charge in [0.25, 0.3) is 0 Å². The van der Waals surface area contributed by atoms with Crippen molar-refractivity contribution in [2.75, 3.05) is 14.2 Å². The van der Waals surface area contributed by atoms with Crippen LogP contribution in [0.2, 0.25) is 5.02 Å². The second-order valence-corrected chi connectivity index (χ2v) is 5.45. The maximum absolute atomic E-state index is 6.11. The van der Waals surface area contributed by atoms with E-state index in [1.165, 1.54) is 0 Å². The number of nitrogens with one attached hydrogen (secondary N) is 1. The van der Waals surface area contributed by atoms with Crippen molar-refractivity contribution in [2.45, 2.75) is 26.3 Å². The molecule has 1 N–H and O–H groups in total. The largest absolute Gasteiger partial charge is 0.495 e. The smallest absolute Gasteiger partial charge is 0.137 e. The van der Waals surface area contributed by atoms with E-state index in [-0.39, 0.29) is 6.04 Å². The molecule has 0 spiro atoms. The highest BCUT2D eigenvalue weighted by molar-refractivity contribution is 9.10. The number of methoxy groups -OCH3 is 1. The molecule has 0 radical (unpaired) electrons. The summed E-state index contributed by atoms with van der Waals surface area (Å²) in [5.74, 6) is 1.37. The molecule has 0 heterocycles. The molecule has 0 aromatic heterocycles. The van der Waals surface area contributed by atoms with Gasteiger partial charge in [-0.05, 0) is 41.0 Å². The molecule has 4 heteroatoms. The zero-order chi connectivity index (χ0) is 13.0. The average molecular weight is 321 g/mol. The normalized spacial score (nSPS) is 14.5. The summed E-state index contributed by atoms with van der Waals surface area (Å²) in [6, 6.07) is 4.07. The van der Waals surface area contributed by atoms with Crippen LogP contribution in [0.3, 0.4) is 0 Å². The molecule has 0 amide bonds. The monoisotopic (exact) mass is 319 g/mol. The Bertz CT molecular complexity index is 384. The molecule has 0 bridgehead atoms. The van der Waals surface area contributed by atoms with Gasteiger partial charge in [-0.2, -0.15) is 0 Å². The van der Waals surface area contributed by atoms with Gasteiger partial charge in [-0.25, -0.2) is 0 Å². The summed E-state index contributed by atoms with van der Waals surface area (Å²) in [7, 11) is 3.64. The summed E-state index contributed by atoms with van der Waals surface area (Å²) in [5.41, 5.74) is 1.10. The fourth-order valence-electron chi connectivity index (χ4n) is 2.01. The van der Waals surface area contributed by atoms with E-state index in [1.54, 1.807) is 7.11 Å². The number of rotatable bonds is 5. The van der Waals surface area contributed by atoms with Gasteiger partial charge >= 0.3 is 0 Å². The van der Waals surface area contributed by atoms with E-state index in [0.717, 1.165) is 27.2 Å². The maximum atomic E-state index is 6.11. The second kappa shape index (κ2) is 6.62. The molecule has 0 fully saturated rings. The predicted molar refractivity (Wildman–Crippen MR) is 77.0 cm³/mol. The van der Waals surface area contributed by atoms with Crippen LogP contribution in [0.5, 0.6) is 5.75 Å². The quantitative estimate of drug-likeness (QED) is 0.867. The summed E-state index contributed by atoms with van der Waals surface area (Å²) in [5, 5.41) is 4.06. The molecule has 0 aliphatic rings. The first-order chi connectivity index (χ1) is 8.04. The SMILES string of the molecule is CCC(C)C(NC)c1cc(Cl)cc(Br)c1OC. The lowest BCUT2D eigenvalue weighted by molar-refractivity contribution is 0.363. The number of hydrogen-bond donors (Lipinski definition) is 1. The van der Waals surface area contributed by atoms with Gasteiger partial charge in [-0.15, -0.1) is 0 Å². The van der Waals surface area contributed by atoms with Crippen LogP contribution in [-0.4, -0.2) is 14.2 Å². The molecule has 1 rings (SSSR count). The van der Waals surface area contributed by atoms with E-state index in [1.807, 2.05) is 19.2 Å². The first-order valence-corrected chi connectivity index (χ1v) is 6.92. The molecule has 1 aromatic carbocycles. The number of benzene rings is 1. The molecular formula is C13H19BrClNO. The van der Waals surface area contributed by atoms with Gasteiger partial charge in [0.05, 0.1) is 11.6 Å². The van der Waals surface area contributed by atoms with Gasteiger partial charge in [0, 0.05) is 16.6 Å². The summed E-state index contributed by atoms with van der Waals surface area (Å²) >= 11 is 9.60. The Labute approximate surface area is 117 Å². The number of ether oxygens (including phenoxy) is 1. The topological polar surface area (TPSA) is 21.3 Å². The average Bonchev–Trinajstić information content (AvgIpc) is 2.29. The van der Waals surface area contributed by atoms with Gasteiger partial charge in [-0.3, -0.25) is 0 Å². The highest BCUT2D eigenvalue weighted by Crippen LogP contribution is 2.38. The van der Waals surface area contributed by atoms with Crippen LogP contribution in [-0.2, 0) is 0 Å². The predicted octanol–water partition coefficient (Wildman–Crippen LogP) is 4.42. The van der Waals surface area contributed by atoms with Gasteiger partial charge in [0.15, 0.2) is 0 Å². The molecule has 2 atom stereocenters. The Morgan fingerprint density at radius 3 is 2.59 bits per heavy atom. The second-order valence-electron chi connectivity index (χ2n) is 4.16. The van der Waals surface area contributed by atoms with E-state index in [0.29, 0.717) is 5.92 Å². The Morgan fingerprint density at radius 1 is 1.47 bits per heavy atom. The molecule has 0 aliphatic heterocycles. The van der Waals surface area contributed by atoms with Crippen LogP contribution >= 0.6 is 27.5 Å². The summed E-state index contributed by atoms with van der Waals surface area (Å²) in [4.78, 5) is 0. The van der Waals surface area contributed by atoms with Crippen molar-refractivity contribution in [3.63, 3.8) is 0 Å². The van der Waals surface area contributed by atoms with E-state index < -0.39 is 0 Å². The van der Waals surface area contributed by atoms with Crippen LogP contribution in [0.1, 0.15) is 31.9 Å². The fourth-order valence-corrected chi connectivity index (χ4v) is 3.00. The molecule has 0 aliphatic carbocycles. The molecule has 1 aromatic rings. The zero-order valence-corrected chi connectivity index (χ0v) is 13.0. The summed E-state index contributed by atoms with van der Waals surface area (Å²) in [6.45, 7) is 4.40. The number of halogens is 2. The van der Waals surface area contributed by atoms with Crippen molar-refractivity contribution in [1.82, 2.24) is 5.32 Å². The van der Waals surface area contributed by atoms with Crippen molar-refractivity contribution in [1.29, 1.82) is 0 Å². The lowest BCUT2D eigenvalue weighted by Gasteiger charge is -2.25. The maximum Gasteiger partial charge on any atom is 0.137 e. The van der Waals surface area contributed by atoms with Crippen molar-refractivity contribution < 1.29 is 4.74 Å². The zero-order valence-electron chi connectivity index (χ0n) is 10.7. The van der Waals surface area contributed by atoms with E-state index in [9.17, 15) is 0 Å². The van der Waals surface area contributed by atoms with Crippen LogP contribution in [0.15, 0.2) is 16.6 Å². The highest BCUT2D eigenvalue weighted by Gasteiger charge is 2.22. The molecule has 2 nitrogen and oxygen atoms in total. The Kier molecular flexibility index (Phi) is 5.77. The standard InChI is InChI=1S/C13H19BrClNO/c1-5-8(2)12(16-3)10-6-9(15)7-11(14)13(10)17-4/h6-8,12,16H,5H2,1-4H3. The fraction of sp³-hybridized carbons (Fsp3) is 0.538. The van der Waals surface area contributed by atoms with Crippen molar-refractivity contribution in [3.8, 4) is 5.75 Å². The molecule has 17 heavy (non-hydrogen) atoms. The minimum Gasteiger partial charge on any atom is -0.495 e. The first-order valence-electron chi connectivity index (χ1n) is 5.75. The highest BCUT2D eigenvalue weighted by atomic mass is 79.9. The van der Waals surface area contributed by atoms with Crippen LogP contribution in [0, 0.1) is 5.92 Å². The third-order valence-corrected chi connectivity index (χ3v) is 3.91. The first kappa shape index (κ1) is 14.8. The van der Waals surface area contributed by atoms with Gasteiger partial charge in [0.1, 0.15) is 5.75 Å². The molecular weight excluding hydrogens is 302 g/mol. The minimum absolute atomic E-state index is 0.241. The lowest BCUT2D eigenvalue weighted by Crippen LogP contribution is -2.23. The molecule has 96 valence electrons. The van der Waals surface area contributed by atoms with Crippen molar-refractivity contribution in [2.24, 2.45) is 5.92 Å². The Hall–Kier alpha value is -0.250. The van der Waals surface area contributed by atoms with Crippen molar-refractivity contribution in [3.05, 3.63) is 27.2 Å². The Balaban J connectivity index is 3.26. The van der Waals surface area contributed by atoms with Crippen LogP contribution < -0.4 is 10.1 Å². The Morgan fingerprint density at radius 2 is 2.12 bits per heavy atom. The summed E-state index contributed by atoms with van der Waals surface area (Å²) in [6.07, 6.45) is 1.10. The third kappa shape index (κ3) is 3.36. The van der Waals surface area contributed by atoms with Crippen LogP contribution in [0.25, 0.3) is 0 Å². The van der Waals surface area contributed by atoms with E-state index in [4.69, 9.17) is 16.3 Å². The van der Waals surface area contributed by atoms with Gasteiger partial charge in [0.2, 0.25) is 0 Å². The minimum atomic E-state index is 0.241. The summed E-state index contributed by atoms with van der Waals surface area (Å²) < 4.78 is 6.36. The molecule has 2 unspecified atom stereocenters. The van der Waals surface area contributed by atoms with Crippen molar-refractivity contribution >= 4 is 27.5 Å². The molecule has 0 saturated heterocycles. The lowest BCUT2D eigenvalue weighted by atomic mass is 9.92. The number of hydrogen-bond acceptors (Lipinski definition) is 2. The van der Waals surface area contributed by atoms with Gasteiger partial charge < -0.3 is 10.1 Å². The molecule has 0 saturated carbocycles. The van der Waals surface area contributed by atoms with Crippen LogP contribution in [0.4, 0.5) is 0 Å². The van der Waals surface area contributed by atoms with Gasteiger partial charge in [-0.1, -0.05) is 31.9 Å². The van der Waals surface area contributed by atoms with E-state index in [2.05, 4.69) is 35.1 Å². The van der Waals surface area contributed by atoms with E-state index >= 15 is 0 Å².